The van der Waals surface area contributed by atoms with Gasteiger partial charge in [-0.15, -0.1) is 0 Å². The van der Waals surface area contributed by atoms with Crippen molar-refractivity contribution in [1.29, 1.82) is 0 Å². The van der Waals surface area contributed by atoms with Crippen molar-refractivity contribution in [2.24, 2.45) is 0 Å². The molecule has 0 spiro atoms. The minimum absolute atomic E-state index is 0.272. The lowest BCUT2D eigenvalue weighted by molar-refractivity contribution is -0.162. The second-order valence-electron chi connectivity index (χ2n) is 7.48. The third-order valence-electron chi connectivity index (χ3n) is 5.24. The Bertz CT molecular complexity index is 691. The van der Waals surface area contributed by atoms with Crippen LogP contribution >= 0.6 is 0 Å². The van der Waals surface area contributed by atoms with Crippen LogP contribution in [0.2, 0.25) is 0 Å². The van der Waals surface area contributed by atoms with Crippen molar-refractivity contribution >= 4 is 17.8 Å². The average Bonchev–Trinajstić information content (AvgIpc) is 2.75. The Morgan fingerprint density at radius 2 is 1.83 bits per heavy atom. The lowest BCUT2D eigenvalue weighted by Crippen LogP contribution is -2.56. The summed E-state index contributed by atoms with van der Waals surface area (Å²) in [5.41, 5.74) is 0.873. The van der Waals surface area contributed by atoms with Gasteiger partial charge in [-0.2, -0.15) is 0 Å². The molecule has 0 aromatic heterocycles. The molecule has 1 fully saturated rings. The summed E-state index contributed by atoms with van der Waals surface area (Å²) in [6, 6.07) is 8.86. The van der Waals surface area contributed by atoms with Gasteiger partial charge in [0.15, 0.2) is 0 Å². The van der Waals surface area contributed by atoms with Crippen LogP contribution in [0.4, 0.5) is 0 Å². The van der Waals surface area contributed by atoms with E-state index in [1.54, 1.807) is 13.8 Å². The minimum atomic E-state index is -1.03. The number of carboxylic acid groups (broad SMARTS) is 1. The van der Waals surface area contributed by atoms with E-state index in [4.69, 9.17) is 4.74 Å². The van der Waals surface area contributed by atoms with E-state index >= 15 is 0 Å². The first-order chi connectivity index (χ1) is 14.4. The van der Waals surface area contributed by atoms with Gasteiger partial charge in [-0.3, -0.25) is 19.4 Å². The number of piperidine rings is 1. The van der Waals surface area contributed by atoms with Crippen LogP contribution in [0, 0.1) is 0 Å². The zero-order valence-electron chi connectivity index (χ0n) is 17.9. The van der Waals surface area contributed by atoms with Gasteiger partial charge in [0.25, 0.3) is 5.91 Å². The van der Waals surface area contributed by atoms with E-state index in [1.807, 2.05) is 35.3 Å². The molecular weight excluding hydrogens is 386 g/mol. The molecule has 1 unspecified atom stereocenters. The Labute approximate surface area is 178 Å². The number of hydrogen-bond donors (Lipinski definition) is 2. The smallest absolute Gasteiger partial charge is 0.324 e. The van der Waals surface area contributed by atoms with Crippen LogP contribution in [0.25, 0.3) is 0 Å². The molecule has 1 aliphatic rings. The molecule has 0 radical (unpaired) electrons. The maximum absolute atomic E-state index is 12.9. The molecule has 30 heavy (non-hydrogen) atoms. The highest BCUT2D eigenvalue weighted by atomic mass is 16.5. The first kappa shape index (κ1) is 23.8. The van der Waals surface area contributed by atoms with Crippen LogP contribution in [0.3, 0.4) is 0 Å². The van der Waals surface area contributed by atoms with Crippen LogP contribution in [-0.4, -0.2) is 71.8 Å². The van der Waals surface area contributed by atoms with Gasteiger partial charge in [0.2, 0.25) is 0 Å². The van der Waals surface area contributed by atoms with Crippen LogP contribution in [0.15, 0.2) is 30.3 Å². The van der Waals surface area contributed by atoms with Crippen molar-refractivity contribution in [3.8, 4) is 0 Å². The molecule has 1 aromatic rings. The van der Waals surface area contributed by atoms with Gasteiger partial charge in [-0.25, -0.2) is 5.01 Å². The van der Waals surface area contributed by atoms with E-state index in [9.17, 15) is 19.5 Å². The summed E-state index contributed by atoms with van der Waals surface area (Å²) in [5, 5.41) is 15.6. The topological polar surface area (TPSA) is 99.2 Å². The molecule has 1 aliphatic heterocycles. The van der Waals surface area contributed by atoms with Crippen molar-refractivity contribution in [2.45, 2.75) is 51.5 Å². The Balaban J connectivity index is 1.96. The van der Waals surface area contributed by atoms with Crippen LogP contribution < -0.4 is 5.32 Å². The molecule has 2 rings (SSSR count). The molecule has 1 amide bonds. The Morgan fingerprint density at radius 3 is 2.43 bits per heavy atom. The van der Waals surface area contributed by atoms with E-state index in [0.29, 0.717) is 32.7 Å². The number of hydrogen-bond acceptors (Lipinski definition) is 6. The zero-order chi connectivity index (χ0) is 21.9. The van der Waals surface area contributed by atoms with E-state index in [1.165, 1.54) is 5.01 Å². The molecule has 8 nitrogen and oxygen atoms in total. The quantitative estimate of drug-likeness (QED) is 0.529. The van der Waals surface area contributed by atoms with E-state index in [2.05, 4.69) is 5.32 Å². The fourth-order valence-electron chi connectivity index (χ4n) is 3.67. The highest BCUT2D eigenvalue weighted by Crippen LogP contribution is 2.21. The summed E-state index contributed by atoms with van der Waals surface area (Å²) in [6.07, 6.45) is 3.46. The summed E-state index contributed by atoms with van der Waals surface area (Å²) in [4.78, 5) is 36.6. The van der Waals surface area contributed by atoms with Crippen molar-refractivity contribution in [3.05, 3.63) is 35.9 Å². The third-order valence-corrected chi connectivity index (χ3v) is 5.24. The van der Waals surface area contributed by atoms with Crippen molar-refractivity contribution in [1.82, 2.24) is 15.3 Å². The molecule has 1 aromatic carbocycles. The first-order valence-electron chi connectivity index (χ1n) is 10.7. The number of ether oxygens (including phenoxy) is 1. The largest absolute Gasteiger partial charge is 0.480 e. The fourth-order valence-corrected chi connectivity index (χ4v) is 3.67. The van der Waals surface area contributed by atoms with Gasteiger partial charge in [-0.1, -0.05) is 36.8 Å². The number of benzene rings is 1. The summed E-state index contributed by atoms with van der Waals surface area (Å²) in [7, 11) is 0. The van der Waals surface area contributed by atoms with Crippen LogP contribution in [-0.2, 0) is 19.1 Å². The lowest BCUT2D eigenvalue weighted by atomic mass is 9.95. The monoisotopic (exact) mass is 419 g/mol. The normalized spacial score (nSPS) is 16.5. The number of carboxylic acids is 1. The Morgan fingerprint density at radius 1 is 1.17 bits per heavy atom. The number of nitrogens with zero attached hydrogens (tertiary/aromatic N) is 2. The maximum Gasteiger partial charge on any atom is 0.324 e. The maximum atomic E-state index is 12.9. The molecule has 1 heterocycles. The zero-order valence-corrected chi connectivity index (χ0v) is 17.9. The van der Waals surface area contributed by atoms with E-state index in [-0.39, 0.29) is 18.4 Å². The number of esters is 1. The average molecular weight is 420 g/mol. The Hall–Kier alpha value is -2.45. The van der Waals surface area contributed by atoms with Gasteiger partial charge < -0.3 is 15.2 Å². The number of carbonyl (C=O) groups is 3. The second kappa shape index (κ2) is 12.3. The number of hydrazine groups is 1. The number of rotatable bonds is 11. The number of carbonyl (C=O) groups excluding carboxylic acids is 2. The van der Waals surface area contributed by atoms with Gasteiger partial charge in [0, 0.05) is 13.1 Å². The molecule has 0 saturated carbocycles. The molecule has 2 atom stereocenters. The van der Waals surface area contributed by atoms with E-state index in [0.717, 1.165) is 24.8 Å². The standard InChI is InChI=1S/C22H33N3O5/c1-3-30-22(29)19(18-10-6-4-7-11-18)12-13-23-17(2)21(28)25(16-20(26)27)24-14-8-5-9-15-24/h4,6-7,10-11,17,19,23H,3,5,8-9,12-16H2,1-2H3,(H,26,27)/t17-,19?/m0/s1. The van der Waals surface area contributed by atoms with Gasteiger partial charge >= 0.3 is 11.9 Å². The van der Waals surface area contributed by atoms with Crippen LogP contribution in [0.1, 0.15) is 51.0 Å². The predicted molar refractivity (Wildman–Crippen MR) is 113 cm³/mol. The van der Waals surface area contributed by atoms with Gasteiger partial charge in [0.1, 0.15) is 6.54 Å². The SMILES string of the molecule is CCOC(=O)C(CCN[C@@H](C)C(=O)N(CC(=O)O)N1CCCCC1)c1ccccc1. The van der Waals surface area contributed by atoms with Crippen molar-refractivity contribution < 1.29 is 24.2 Å². The third kappa shape index (κ3) is 7.11. The summed E-state index contributed by atoms with van der Waals surface area (Å²) >= 11 is 0. The van der Waals surface area contributed by atoms with Gasteiger partial charge in [0.05, 0.1) is 18.6 Å². The molecule has 2 N–H and O–H groups in total. The van der Waals surface area contributed by atoms with E-state index < -0.39 is 17.9 Å². The summed E-state index contributed by atoms with van der Waals surface area (Å²) in [5.74, 6) is -2.01. The number of amides is 1. The molecular formula is C22H33N3O5. The highest BCUT2D eigenvalue weighted by molar-refractivity contribution is 5.84. The summed E-state index contributed by atoms with van der Waals surface area (Å²) < 4.78 is 5.21. The Kier molecular flexibility index (Phi) is 9.76. The molecule has 166 valence electrons. The molecule has 8 heteroatoms. The predicted octanol–water partition coefficient (Wildman–Crippen LogP) is 2.02. The minimum Gasteiger partial charge on any atom is -0.480 e. The number of aliphatic carboxylic acids is 1. The lowest BCUT2D eigenvalue weighted by Gasteiger charge is -2.37. The van der Waals surface area contributed by atoms with Crippen LogP contribution in [0.5, 0.6) is 0 Å². The number of nitrogens with one attached hydrogen (secondary N) is 1. The molecule has 0 aliphatic carbocycles. The second-order valence-corrected chi connectivity index (χ2v) is 7.48. The summed E-state index contributed by atoms with van der Waals surface area (Å²) in [6.45, 7) is 5.26. The molecule has 1 saturated heterocycles. The molecule has 0 bridgehead atoms. The fraction of sp³-hybridized carbons (Fsp3) is 0.591. The van der Waals surface area contributed by atoms with Gasteiger partial charge in [-0.05, 0) is 45.2 Å². The first-order valence-corrected chi connectivity index (χ1v) is 10.7. The van der Waals surface area contributed by atoms with Crippen molar-refractivity contribution in [3.63, 3.8) is 0 Å². The highest BCUT2D eigenvalue weighted by Gasteiger charge is 2.29. The van der Waals surface area contributed by atoms with Crippen molar-refractivity contribution in [2.75, 3.05) is 32.8 Å².